The minimum Gasteiger partial charge on any atom is -0.396 e. The molecule has 1 aromatic rings. The molecule has 1 aromatic heterocycles. The molecule has 0 fully saturated rings. The van der Waals surface area contributed by atoms with Gasteiger partial charge in [0, 0.05) is 0 Å². The van der Waals surface area contributed by atoms with Gasteiger partial charge in [-0.25, -0.2) is 4.79 Å². The number of aryl methyl sites for hydroxylation is 1. The summed E-state index contributed by atoms with van der Waals surface area (Å²) in [5, 5.41) is 0. The highest BCUT2D eigenvalue weighted by Crippen LogP contribution is 2.11. The summed E-state index contributed by atoms with van der Waals surface area (Å²) < 4.78 is 15.0. The fraction of sp³-hybridized carbons (Fsp3) is 0.700. The molecule has 4 nitrogen and oxygen atoms in total. The zero-order valence-electron chi connectivity index (χ0n) is 8.99. The maximum atomic E-state index is 10.7. The lowest BCUT2D eigenvalue weighted by molar-refractivity contribution is 0.0142. The van der Waals surface area contributed by atoms with Crippen molar-refractivity contribution in [3.8, 4) is 0 Å². The summed E-state index contributed by atoms with van der Waals surface area (Å²) >= 11 is 0. The summed E-state index contributed by atoms with van der Waals surface area (Å²) in [4.78, 5) is 10.7. The maximum absolute atomic E-state index is 10.7. The predicted octanol–water partition coefficient (Wildman–Crippen LogP) is 2.10. The van der Waals surface area contributed by atoms with Crippen LogP contribution in [0.15, 0.2) is 13.6 Å². The van der Waals surface area contributed by atoms with Crippen LogP contribution >= 0.6 is 0 Å². The van der Waals surface area contributed by atoms with Crippen molar-refractivity contribution in [2.45, 2.75) is 40.4 Å². The maximum Gasteiger partial charge on any atom is 0.519 e. The van der Waals surface area contributed by atoms with Crippen LogP contribution in [-0.4, -0.2) is 6.10 Å². The van der Waals surface area contributed by atoms with Crippen LogP contribution in [-0.2, 0) is 11.3 Å². The van der Waals surface area contributed by atoms with Crippen LogP contribution < -0.4 is 5.82 Å². The minimum atomic E-state index is -0.668. The van der Waals surface area contributed by atoms with E-state index in [1.165, 1.54) is 0 Å². The quantitative estimate of drug-likeness (QED) is 0.746. The third kappa shape index (κ3) is 2.73. The molecular formula is C10H16O4. The van der Waals surface area contributed by atoms with Crippen molar-refractivity contribution in [2.75, 3.05) is 0 Å². The molecule has 0 bridgehead atoms. The van der Waals surface area contributed by atoms with Crippen molar-refractivity contribution in [3.63, 3.8) is 0 Å². The normalized spacial score (nSPS) is 13.5. The van der Waals surface area contributed by atoms with Crippen molar-refractivity contribution >= 4 is 0 Å². The lowest BCUT2D eigenvalue weighted by Gasteiger charge is -2.15. The fourth-order valence-corrected chi connectivity index (χ4v) is 0.906. The highest BCUT2D eigenvalue weighted by atomic mass is 16.6. The monoisotopic (exact) mass is 200 g/mol. The molecule has 4 heteroatoms. The van der Waals surface area contributed by atoms with Gasteiger partial charge in [-0.3, -0.25) is 0 Å². The topological polar surface area (TPSA) is 52.6 Å². The van der Waals surface area contributed by atoms with Crippen LogP contribution in [0.1, 0.15) is 32.3 Å². The van der Waals surface area contributed by atoms with Crippen molar-refractivity contribution < 1.29 is 13.6 Å². The zero-order valence-corrected chi connectivity index (χ0v) is 8.99. The van der Waals surface area contributed by atoms with Crippen molar-refractivity contribution in [3.05, 3.63) is 22.1 Å². The van der Waals surface area contributed by atoms with Crippen molar-refractivity contribution in [1.29, 1.82) is 0 Å². The lowest BCUT2D eigenvalue weighted by atomic mass is 10.1. The Morgan fingerprint density at radius 3 is 2.36 bits per heavy atom. The van der Waals surface area contributed by atoms with E-state index in [9.17, 15) is 4.79 Å². The Morgan fingerprint density at radius 1 is 1.29 bits per heavy atom. The number of hydrogen-bond acceptors (Lipinski definition) is 4. The number of ether oxygens (including phenoxy) is 1. The molecule has 0 spiro atoms. The van der Waals surface area contributed by atoms with Gasteiger partial charge in [0.15, 0.2) is 5.76 Å². The predicted molar refractivity (Wildman–Crippen MR) is 51.1 cm³/mol. The van der Waals surface area contributed by atoms with E-state index >= 15 is 0 Å². The van der Waals surface area contributed by atoms with E-state index in [4.69, 9.17) is 13.6 Å². The molecular weight excluding hydrogens is 184 g/mol. The fourth-order valence-electron chi connectivity index (χ4n) is 0.906. The third-order valence-electron chi connectivity index (χ3n) is 2.25. The van der Waals surface area contributed by atoms with Gasteiger partial charge in [0.05, 0.1) is 6.10 Å². The highest BCUT2D eigenvalue weighted by Gasteiger charge is 2.12. The average molecular weight is 200 g/mol. The number of rotatable bonds is 4. The minimum absolute atomic E-state index is 0.134. The van der Waals surface area contributed by atoms with Gasteiger partial charge in [0.1, 0.15) is 12.4 Å². The molecule has 0 unspecified atom stereocenters. The first-order valence-electron chi connectivity index (χ1n) is 4.71. The first-order chi connectivity index (χ1) is 6.50. The van der Waals surface area contributed by atoms with Crippen LogP contribution in [0.2, 0.25) is 0 Å². The Bertz CT molecular complexity index is 334. The molecule has 0 aliphatic heterocycles. The highest BCUT2D eigenvalue weighted by molar-refractivity contribution is 4.98. The molecule has 1 heterocycles. The Kier molecular flexibility index (Phi) is 3.52. The van der Waals surface area contributed by atoms with Crippen LogP contribution in [0, 0.1) is 12.8 Å². The molecule has 1 rings (SSSR count). The van der Waals surface area contributed by atoms with Crippen molar-refractivity contribution in [2.24, 2.45) is 5.92 Å². The van der Waals surface area contributed by atoms with Gasteiger partial charge in [-0.15, -0.1) is 0 Å². The van der Waals surface area contributed by atoms with Crippen molar-refractivity contribution in [1.82, 2.24) is 0 Å². The second-order valence-corrected chi connectivity index (χ2v) is 3.69. The molecule has 0 saturated heterocycles. The molecule has 0 aliphatic rings. The molecule has 80 valence electrons. The summed E-state index contributed by atoms with van der Waals surface area (Å²) in [5.41, 5.74) is 0. The van der Waals surface area contributed by atoms with E-state index in [1.54, 1.807) is 6.92 Å². The summed E-state index contributed by atoms with van der Waals surface area (Å²) in [6, 6.07) is 0. The molecule has 0 N–H and O–H groups in total. The van der Waals surface area contributed by atoms with E-state index in [-0.39, 0.29) is 12.7 Å². The van der Waals surface area contributed by atoms with E-state index in [2.05, 4.69) is 13.8 Å². The van der Waals surface area contributed by atoms with Gasteiger partial charge in [0.25, 0.3) is 0 Å². The second kappa shape index (κ2) is 4.46. The van der Waals surface area contributed by atoms with Gasteiger partial charge in [-0.1, -0.05) is 13.8 Å². The van der Waals surface area contributed by atoms with E-state index in [1.807, 2.05) is 6.92 Å². The van der Waals surface area contributed by atoms with Gasteiger partial charge < -0.3 is 13.6 Å². The van der Waals surface area contributed by atoms with E-state index in [0.717, 1.165) is 0 Å². The molecule has 0 saturated carbocycles. The molecule has 0 aliphatic carbocycles. The van der Waals surface area contributed by atoms with Crippen LogP contribution in [0.4, 0.5) is 0 Å². The summed E-state index contributed by atoms with van der Waals surface area (Å²) in [6.07, 6.45) is 0.134. The Balaban J connectivity index is 2.53. The van der Waals surface area contributed by atoms with E-state index < -0.39 is 5.82 Å². The summed E-state index contributed by atoms with van der Waals surface area (Å²) in [5.74, 6) is 0.737. The van der Waals surface area contributed by atoms with Gasteiger partial charge in [-0.2, -0.15) is 0 Å². The van der Waals surface area contributed by atoms with Gasteiger partial charge in [-0.05, 0) is 19.8 Å². The van der Waals surface area contributed by atoms with Crippen LogP contribution in [0.5, 0.6) is 0 Å². The van der Waals surface area contributed by atoms with Crippen LogP contribution in [0.3, 0.4) is 0 Å². The largest absolute Gasteiger partial charge is 0.519 e. The summed E-state index contributed by atoms with van der Waals surface area (Å²) in [6.45, 7) is 8.10. The second-order valence-electron chi connectivity index (χ2n) is 3.69. The standard InChI is InChI=1S/C10H16O4/c1-6(2)7(3)12-5-9-8(4)13-10(11)14-9/h6-7H,5H2,1-4H3/t7-/m1/s1. The Labute approximate surface area is 82.9 Å². The Hall–Kier alpha value is -1.03. The molecule has 0 aromatic carbocycles. The molecule has 0 amide bonds. The molecule has 0 radical (unpaired) electrons. The number of hydrogen-bond donors (Lipinski definition) is 0. The Morgan fingerprint density at radius 2 is 1.93 bits per heavy atom. The SMILES string of the molecule is Cc1oc(=O)oc1CO[C@H](C)C(C)C. The third-order valence-corrected chi connectivity index (χ3v) is 2.25. The lowest BCUT2D eigenvalue weighted by Crippen LogP contribution is -2.15. The van der Waals surface area contributed by atoms with Gasteiger partial charge >= 0.3 is 5.82 Å². The zero-order chi connectivity index (χ0) is 10.7. The molecule has 14 heavy (non-hydrogen) atoms. The first kappa shape index (κ1) is 11.0. The summed E-state index contributed by atoms with van der Waals surface area (Å²) in [7, 11) is 0. The molecule has 1 atom stereocenters. The van der Waals surface area contributed by atoms with Gasteiger partial charge in [0.2, 0.25) is 0 Å². The smallest absolute Gasteiger partial charge is 0.396 e. The first-order valence-corrected chi connectivity index (χ1v) is 4.71. The van der Waals surface area contributed by atoms with Crippen LogP contribution in [0.25, 0.3) is 0 Å². The average Bonchev–Trinajstić information content (AvgIpc) is 2.40. The van der Waals surface area contributed by atoms with E-state index in [0.29, 0.717) is 17.4 Å².